The summed E-state index contributed by atoms with van der Waals surface area (Å²) in [6, 6.07) is -0.0127. The summed E-state index contributed by atoms with van der Waals surface area (Å²) in [6.45, 7) is 2.10. The van der Waals surface area contributed by atoms with E-state index in [-0.39, 0.29) is 18.6 Å². The minimum absolute atomic E-state index is 0.0127. The average molecular weight is 143 g/mol. The van der Waals surface area contributed by atoms with Crippen LogP contribution in [-0.4, -0.2) is 23.7 Å². The number of carbonyl (C=O) groups excluding carboxylic acids is 1. The van der Waals surface area contributed by atoms with Crippen molar-refractivity contribution in [3.63, 3.8) is 0 Å². The van der Waals surface area contributed by atoms with Crippen LogP contribution in [-0.2, 0) is 4.79 Å². The quantitative estimate of drug-likeness (QED) is 0.538. The SMILES string of the molecule is C[C@@H]1CCC(=O)N[C@H]1CO. The Bertz CT molecular complexity index is 136. The molecule has 1 heterocycles. The highest BCUT2D eigenvalue weighted by molar-refractivity contribution is 5.77. The molecule has 0 spiro atoms. The Balaban J connectivity index is 2.45. The highest BCUT2D eigenvalue weighted by Crippen LogP contribution is 2.15. The summed E-state index contributed by atoms with van der Waals surface area (Å²) in [6.07, 6.45) is 1.51. The second kappa shape index (κ2) is 3.01. The molecule has 58 valence electrons. The van der Waals surface area contributed by atoms with Crippen molar-refractivity contribution in [3.05, 3.63) is 0 Å². The van der Waals surface area contributed by atoms with Crippen molar-refractivity contribution in [1.29, 1.82) is 0 Å². The molecular weight excluding hydrogens is 130 g/mol. The molecule has 0 aliphatic carbocycles. The van der Waals surface area contributed by atoms with Crippen molar-refractivity contribution in [3.8, 4) is 0 Å². The van der Waals surface area contributed by atoms with E-state index in [1.807, 2.05) is 6.92 Å². The van der Waals surface area contributed by atoms with E-state index in [0.717, 1.165) is 6.42 Å². The Morgan fingerprint density at radius 2 is 2.50 bits per heavy atom. The van der Waals surface area contributed by atoms with Gasteiger partial charge in [-0.15, -0.1) is 0 Å². The van der Waals surface area contributed by atoms with Crippen LogP contribution >= 0.6 is 0 Å². The van der Waals surface area contributed by atoms with Crippen LogP contribution in [0.1, 0.15) is 19.8 Å². The minimum atomic E-state index is -0.0127. The molecular formula is C7H13NO2. The lowest BCUT2D eigenvalue weighted by Gasteiger charge is -2.27. The summed E-state index contributed by atoms with van der Waals surface area (Å²) in [5, 5.41) is 11.5. The Hall–Kier alpha value is -0.570. The predicted octanol–water partition coefficient (Wildman–Crippen LogP) is -0.107. The van der Waals surface area contributed by atoms with Gasteiger partial charge in [0.05, 0.1) is 12.6 Å². The van der Waals surface area contributed by atoms with E-state index in [0.29, 0.717) is 12.3 Å². The van der Waals surface area contributed by atoms with Gasteiger partial charge in [-0.25, -0.2) is 0 Å². The Morgan fingerprint density at radius 1 is 1.80 bits per heavy atom. The first kappa shape index (κ1) is 7.54. The van der Waals surface area contributed by atoms with Crippen LogP contribution in [0.25, 0.3) is 0 Å². The van der Waals surface area contributed by atoms with Gasteiger partial charge in [-0.05, 0) is 12.3 Å². The maximum atomic E-state index is 10.8. The number of aliphatic hydroxyl groups is 1. The molecule has 0 aromatic heterocycles. The van der Waals surface area contributed by atoms with Crippen LogP contribution in [0.2, 0.25) is 0 Å². The lowest BCUT2D eigenvalue weighted by molar-refractivity contribution is -0.124. The number of piperidine rings is 1. The van der Waals surface area contributed by atoms with Gasteiger partial charge in [0.15, 0.2) is 0 Å². The molecule has 1 amide bonds. The van der Waals surface area contributed by atoms with Gasteiger partial charge >= 0.3 is 0 Å². The Kier molecular flexibility index (Phi) is 2.27. The molecule has 0 aromatic carbocycles. The summed E-state index contributed by atoms with van der Waals surface area (Å²) in [5.74, 6) is 0.486. The van der Waals surface area contributed by atoms with Crippen LogP contribution in [0.3, 0.4) is 0 Å². The van der Waals surface area contributed by atoms with Crippen LogP contribution in [0.4, 0.5) is 0 Å². The average Bonchev–Trinajstić information content (AvgIpc) is 1.94. The molecule has 0 saturated carbocycles. The lowest BCUT2D eigenvalue weighted by Crippen LogP contribution is -2.45. The number of hydrogen-bond acceptors (Lipinski definition) is 2. The van der Waals surface area contributed by atoms with Gasteiger partial charge in [-0.1, -0.05) is 6.92 Å². The number of hydrogen-bond donors (Lipinski definition) is 2. The third-order valence-electron chi connectivity index (χ3n) is 2.06. The van der Waals surface area contributed by atoms with Crippen molar-refractivity contribution in [1.82, 2.24) is 5.32 Å². The van der Waals surface area contributed by atoms with Gasteiger partial charge in [0.1, 0.15) is 0 Å². The fraction of sp³-hybridized carbons (Fsp3) is 0.857. The highest BCUT2D eigenvalue weighted by Gasteiger charge is 2.23. The smallest absolute Gasteiger partial charge is 0.220 e. The fourth-order valence-electron chi connectivity index (χ4n) is 1.21. The maximum Gasteiger partial charge on any atom is 0.220 e. The molecule has 0 unspecified atom stereocenters. The first-order chi connectivity index (χ1) is 4.74. The van der Waals surface area contributed by atoms with Crippen LogP contribution < -0.4 is 5.32 Å². The normalized spacial score (nSPS) is 33.6. The molecule has 0 radical (unpaired) electrons. The Morgan fingerprint density at radius 3 is 3.00 bits per heavy atom. The van der Waals surface area contributed by atoms with Crippen molar-refractivity contribution < 1.29 is 9.90 Å². The van der Waals surface area contributed by atoms with Gasteiger partial charge in [0.2, 0.25) is 5.91 Å². The van der Waals surface area contributed by atoms with Crippen LogP contribution in [0.5, 0.6) is 0 Å². The van der Waals surface area contributed by atoms with Gasteiger partial charge in [-0.2, -0.15) is 0 Å². The second-order valence-electron chi connectivity index (χ2n) is 2.87. The first-order valence-corrected chi connectivity index (χ1v) is 3.64. The van der Waals surface area contributed by atoms with Crippen molar-refractivity contribution in [2.75, 3.05) is 6.61 Å². The summed E-state index contributed by atoms with van der Waals surface area (Å²) >= 11 is 0. The first-order valence-electron chi connectivity index (χ1n) is 3.64. The summed E-state index contributed by atoms with van der Waals surface area (Å²) in [4.78, 5) is 10.8. The van der Waals surface area contributed by atoms with Gasteiger partial charge in [0.25, 0.3) is 0 Å². The molecule has 10 heavy (non-hydrogen) atoms. The molecule has 2 atom stereocenters. The molecule has 0 aromatic rings. The van der Waals surface area contributed by atoms with Gasteiger partial charge < -0.3 is 10.4 Å². The number of amides is 1. The van der Waals surface area contributed by atoms with E-state index in [1.165, 1.54) is 0 Å². The summed E-state index contributed by atoms with van der Waals surface area (Å²) in [7, 11) is 0. The second-order valence-corrected chi connectivity index (χ2v) is 2.87. The molecule has 3 nitrogen and oxygen atoms in total. The molecule has 0 bridgehead atoms. The number of carbonyl (C=O) groups is 1. The Labute approximate surface area is 60.4 Å². The molecule has 2 N–H and O–H groups in total. The monoisotopic (exact) mass is 143 g/mol. The molecule has 1 aliphatic rings. The maximum absolute atomic E-state index is 10.8. The largest absolute Gasteiger partial charge is 0.394 e. The molecule has 1 saturated heterocycles. The van der Waals surface area contributed by atoms with Crippen LogP contribution in [0, 0.1) is 5.92 Å². The topological polar surface area (TPSA) is 49.3 Å². The minimum Gasteiger partial charge on any atom is -0.394 e. The van der Waals surface area contributed by atoms with E-state index >= 15 is 0 Å². The molecule has 1 aliphatic heterocycles. The van der Waals surface area contributed by atoms with Crippen LogP contribution in [0.15, 0.2) is 0 Å². The number of rotatable bonds is 1. The standard InChI is InChI=1S/C7H13NO2/c1-5-2-3-7(10)8-6(5)4-9/h5-6,9H,2-4H2,1H3,(H,8,10)/t5-,6+/m1/s1. The zero-order valence-corrected chi connectivity index (χ0v) is 6.13. The van der Waals surface area contributed by atoms with E-state index in [9.17, 15) is 4.79 Å². The van der Waals surface area contributed by atoms with Gasteiger partial charge in [-0.3, -0.25) is 4.79 Å². The zero-order chi connectivity index (χ0) is 7.56. The van der Waals surface area contributed by atoms with E-state index in [4.69, 9.17) is 5.11 Å². The third kappa shape index (κ3) is 1.48. The number of aliphatic hydroxyl groups excluding tert-OH is 1. The highest BCUT2D eigenvalue weighted by atomic mass is 16.3. The fourth-order valence-corrected chi connectivity index (χ4v) is 1.21. The molecule has 1 fully saturated rings. The molecule has 3 heteroatoms. The van der Waals surface area contributed by atoms with Gasteiger partial charge in [0, 0.05) is 6.42 Å². The van der Waals surface area contributed by atoms with Crippen molar-refractivity contribution in [2.24, 2.45) is 5.92 Å². The summed E-state index contributed by atoms with van der Waals surface area (Å²) in [5.41, 5.74) is 0. The third-order valence-corrected chi connectivity index (χ3v) is 2.06. The number of nitrogens with one attached hydrogen (secondary N) is 1. The zero-order valence-electron chi connectivity index (χ0n) is 6.13. The predicted molar refractivity (Wildman–Crippen MR) is 37.4 cm³/mol. The van der Waals surface area contributed by atoms with E-state index in [2.05, 4.69) is 5.32 Å². The van der Waals surface area contributed by atoms with E-state index in [1.54, 1.807) is 0 Å². The molecule has 1 rings (SSSR count). The van der Waals surface area contributed by atoms with E-state index < -0.39 is 0 Å². The summed E-state index contributed by atoms with van der Waals surface area (Å²) < 4.78 is 0. The van der Waals surface area contributed by atoms with Crippen molar-refractivity contribution >= 4 is 5.91 Å². The van der Waals surface area contributed by atoms with Crippen molar-refractivity contribution in [2.45, 2.75) is 25.8 Å². The lowest BCUT2D eigenvalue weighted by atomic mass is 9.93.